The van der Waals surface area contributed by atoms with Crippen LogP contribution in [0.15, 0.2) is 48.5 Å². The zero-order valence-corrected chi connectivity index (χ0v) is 8.82. The molecule has 81 valence electrons. The third-order valence-electron chi connectivity index (χ3n) is 2.21. The lowest BCUT2D eigenvalue weighted by Crippen LogP contribution is -1.94. The third kappa shape index (κ3) is 3.17. The Bertz CT molecular complexity index is 439. The third-order valence-corrected chi connectivity index (χ3v) is 2.21. The largest absolute Gasteiger partial charge is 0.372 e. The highest BCUT2D eigenvalue weighted by Gasteiger charge is 1.96. The van der Waals surface area contributed by atoms with Crippen LogP contribution in [0, 0.1) is 11.9 Å². The summed E-state index contributed by atoms with van der Waals surface area (Å²) in [5.41, 5.74) is 1.94. The second-order valence-electron chi connectivity index (χ2n) is 3.52. The lowest BCUT2D eigenvalue weighted by Gasteiger charge is -2.04. The van der Waals surface area contributed by atoms with Gasteiger partial charge in [0.2, 0.25) is 0 Å². The van der Waals surface area contributed by atoms with E-state index in [-0.39, 0.29) is 5.82 Å². The van der Waals surface area contributed by atoms with E-state index in [9.17, 15) is 4.39 Å². The Balaban J connectivity index is 1.85. The van der Waals surface area contributed by atoms with Crippen molar-refractivity contribution in [3.8, 4) is 0 Å². The van der Waals surface area contributed by atoms with Gasteiger partial charge in [0.15, 0.2) is 0 Å². The van der Waals surface area contributed by atoms with Gasteiger partial charge in [-0.15, -0.1) is 0 Å². The first kappa shape index (κ1) is 10.8. The van der Waals surface area contributed by atoms with Gasteiger partial charge in [-0.2, -0.15) is 0 Å². The van der Waals surface area contributed by atoms with Gasteiger partial charge in [0.1, 0.15) is 5.82 Å². The van der Waals surface area contributed by atoms with E-state index < -0.39 is 0 Å². The molecule has 2 heteroatoms. The average molecular weight is 215 g/mol. The molecule has 0 saturated heterocycles. The minimum atomic E-state index is -0.346. The molecule has 0 amide bonds. The fraction of sp³-hybridized carbons (Fsp3) is 0.143. The van der Waals surface area contributed by atoms with Crippen molar-refractivity contribution in [2.45, 2.75) is 13.2 Å². The van der Waals surface area contributed by atoms with Gasteiger partial charge >= 0.3 is 0 Å². The molecule has 0 saturated carbocycles. The van der Waals surface area contributed by atoms with Crippen molar-refractivity contribution in [2.24, 2.45) is 0 Å². The number of rotatable bonds is 4. The van der Waals surface area contributed by atoms with Gasteiger partial charge in [0.05, 0.1) is 13.2 Å². The summed E-state index contributed by atoms with van der Waals surface area (Å²) >= 11 is 0. The van der Waals surface area contributed by atoms with Gasteiger partial charge in [0.25, 0.3) is 0 Å². The minimum Gasteiger partial charge on any atom is -0.372 e. The Kier molecular flexibility index (Phi) is 3.67. The zero-order valence-electron chi connectivity index (χ0n) is 8.82. The molecule has 0 aliphatic heterocycles. The molecule has 0 aliphatic rings. The lowest BCUT2D eigenvalue weighted by atomic mass is 10.2. The molecule has 0 unspecified atom stereocenters. The van der Waals surface area contributed by atoms with Crippen LogP contribution in [0.25, 0.3) is 0 Å². The number of benzene rings is 2. The molecule has 2 aromatic rings. The molecule has 0 fully saturated rings. The Labute approximate surface area is 94.5 Å². The maximum atomic E-state index is 12.8. The summed E-state index contributed by atoms with van der Waals surface area (Å²) in [4.78, 5) is 0. The van der Waals surface area contributed by atoms with Gasteiger partial charge in [0, 0.05) is 6.07 Å². The zero-order chi connectivity index (χ0) is 11.2. The number of hydrogen-bond acceptors (Lipinski definition) is 1. The molecule has 0 aliphatic carbocycles. The molecule has 0 aromatic heterocycles. The van der Waals surface area contributed by atoms with Crippen LogP contribution in [-0.4, -0.2) is 0 Å². The molecule has 2 rings (SSSR count). The number of ether oxygens (including phenoxy) is 1. The van der Waals surface area contributed by atoms with Gasteiger partial charge in [-0.3, -0.25) is 0 Å². The first-order valence-corrected chi connectivity index (χ1v) is 5.12. The standard InChI is InChI=1S/C14H12FO/c15-14-8-4-7-13(9-14)11-16-10-12-5-2-1-3-6-12/h1-7,9H,10-11H2. The van der Waals surface area contributed by atoms with Crippen molar-refractivity contribution in [1.82, 2.24) is 0 Å². The fourth-order valence-corrected chi connectivity index (χ4v) is 1.43. The van der Waals surface area contributed by atoms with E-state index in [0.29, 0.717) is 13.2 Å². The molecule has 0 heterocycles. The van der Waals surface area contributed by atoms with Crippen molar-refractivity contribution < 1.29 is 9.13 Å². The van der Waals surface area contributed by atoms with E-state index in [1.54, 1.807) is 12.1 Å². The fourth-order valence-electron chi connectivity index (χ4n) is 1.43. The molecule has 16 heavy (non-hydrogen) atoms. The first-order valence-electron chi connectivity index (χ1n) is 5.12. The van der Waals surface area contributed by atoms with Crippen LogP contribution >= 0.6 is 0 Å². The highest BCUT2D eigenvalue weighted by molar-refractivity contribution is 5.15. The lowest BCUT2D eigenvalue weighted by molar-refractivity contribution is 0.107. The number of halogens is 1. The summed E-state index contributed by atoms with van der Waals surface area (Å²) in [6, 6.07) is 17.2. The van der Waals surface area contributed by atoms with Gasteiger partial charge < -0.3 is 4.74 Å². The van der Waals surface area contributed by atoms with Crippen LogP contribution in [0.3, 0.4) is 0 Å². The summed E-state index contributed by atoms with van der Waals surface area (Å²) in [6.45, 7) is 0.960. The first-order chi connectivity index (χ1) is 7.84. The highest BCUT2D eigenvalue weighted by atomic mass is 19.1. The quantitative estimate of drug-likeness (QED) is 0.760. The van der Waals surface area contributed by atoms with Crippen LogP contribution in [0.2, 0.25) is 0 Å². The normalized spacial score (nSPS) is 10.3. The van der Waals surface area contributed by atoms with Crippen LogP contribution in [0.5, 0.6) is 0 Å². The van der Waals surface area contributed by atoms with Crippen molar-refractivity contribution in [3.63, 3.8) is 0 Å². The van der Waals surface area contributed by atoms with Crippen LogP contribution in [0.4, 0.5) is 4.39 Å². The molecular formula is C14H12FO. The van der Waals surface area contributed by atoms with Crippen molar-refractivity contribution in [2.75, 3.05) is 0 Å². The summed E-state index contributed by atoms with van der Waals surface area (Å²) in [7, 11) is 0. The monoisotopic (exact) mass is 215 g/mol. The summed E-state index contributed by atoms with van der Waals surface area (Å²) < 4.78 is 18.3. The van der Waals surface area contributed by atoms with Gasteiger partial charge in [-0.1, -0.05) is 42.5 Å². The Morgan fingerprint density at radius 1 is 1.00 bits per heavy atom. The van der Waals surface area contributed by atoms with E-state index in [2.05, 4.69) is 6.07 Å². The van der Waals surface area contributed by atoms with Gasteiger partial charge in [-0.05, 0) is 17.2 Å². The summed E-state index contributed by atoms with van der Waals surface area (Å²) in [5, 5.41) is 0. The van der Waals surface area contributed by atoms with Gasteiger partial charge in [-0.25, -0.2) is 4.39 Å². The Morgan fingerprint density at radius 3 is 2.50 bits per heavy atom. The summed E-state index contributed by atoms with van der Waals surface area (Å²) in [6.07, 6.45) is 0. The molecule has 2 aromatic carbocycles. The SMILES string of the molecule is Fc1[c]ccc(COCc2ccccc2)c1. The van der Waals surface area contributed by atoms with Crippen LogP contribution in [-0.2, 0) is 18.0 Å². The second kappa shape index (κ2) is 5.42. The molecular weight excluding hydrogens is 203 g/mol. The second-order valence-corrected chi connectivity index (χ2v) is 3.52. The topological polar surface area (TPSA) is 9.23 Å². The average Bonchev–Trinajstić information content (AvgIpc) is 2.30. The number of hydrogen-bond donors (Lipinski definition) is 0. The highest BCUT2D eigenvalue weighted by Crippen LogP contribution is 2.07. The van der Waals surface area contributed by atoms with Crippen LogP contribution < -0.4 is 0 Å². The van der Waals surface area contributed by atoms with Crippen molar-refractivity contribution in [3.05, 3.63) is 71.5 Å². The maximum Gasteiger partial charge on any atom is 0.131 e. The van der Waals surface area contributed by atoms with E-state index in [1.165, 1.54) is 6.07 Å². The summed E-state index contributed by atoms with van der Waals surface area (Å²) in [5.74, 6) is -0.346. The molecule has 0 atom stereocenters. The van der Waals surface area contributed by atoms with Crippen LogP contribution in [0.1, 0.15) is 11.1 Å². The Hall–Kier alpha value is -1.67. The van der Waals surface area contributed by atoms with E-state index in [0.717, 1.165) is 11.1 Å². The van der Waals surface area contributed by atoms with E-state index in [4.69, 9.17) is 4.74 Å². The van der Waals surface area contributed by atoms with E-state index in [1.807, 2.05) is 30.3 Å². The smallest absolute Gasteiger partial charge is 0.131 e. The van der Waals surface area contributed by atoms with Crippen molar-refractivity contribution >= 4 is 0 Å². The minimum absolute atomic E-state index is 0.346. The molecule has 0 N–H and O–H groups in total. The molecule has 0 spiro atoms. The molecule has 1 radical (unpaired) electrons. The van der Waals surface area contributed by atoms with E-state index >= 15 is 0 Å². The predicted molar refractivity (Wildman–Crippen MR) is 60.2 cm³/mol. The Morgan fingerprint density at radius 2 is 1.75 bits per heavy atom. The predicted octanol–water partition coefficient (Wildman–Crippen LogP) is 3.34. The van der Waals surface area contributed by atoms with Crippen molar-refractivity contribution in [1.29, 1.82) is 0 Å². The maximum absolute atomic E-state index is 12.8. The molecule has 0 bridgehead atoms. The molecule has 1 nitrogen and oxygen atoms in total.